The zero-order valence-electron chi connectivity index (χ0n) is 17.4. The maximum atomic E-state index is 12.3. The molecule has 8 heteroatoms. The van der Waals surface area contributed by atoms with E-state index in [-0.39, 0.29) is 5.56 Å². The number of H-pyrrole nitrogens is 1. The number of aromatic nitrogens is 1. The highest BCUT2D eigenvalue weighted by molar-refractivity contribution is 7.89. The SMILES string of the molecule is NCCc1c[nH]c2ccc(OCCCCCCN[S+]([O-])c3ccccc3C(=O)O)cc12. The van der Waals surface area contributed by atoms with Gasteiger partial charge in [0.2, 0.25) is 0 Å². The summed E-state index contributed by atoms with van der Waals surface area (Å²) in [6, 6.07) is 12.4. The van der Waals surface area contributed by atoms with Crippen LogP contribution in [0.25, 0.3) is 10.9 Å². The van der Waals surface area contributed by atoms with E-state index < -0.39 is 17.3 Å². The summed E-state index contributed by atoms with van der Waals surface area (Å²) >= 11 is -1.53. The van der Waals surface area contributed by atoms with Crippen molar-refractivity contribution in [1.29, 1.82) is 0 Å². The lowest BCUT2D eigenvalue weighted by atomic mass is 10.1. The molecule has 7 nitrogen and oxygen atoms in total. The predicted octanol–water partition coefficient (Wildman–Crippen LogP) is 3.62. The van der Waals surface area contributed by atoms with E-state index in [1.807, 2.05) is 18.3 Å². The lowest BCUT2D eigenvalue weighted by Gasteiger charge is -2.12. The van der Waals surface area contributed by atoms with Crippen molar-refractivity contribution in [3.63, 3.8) is 0 Å². The van der Waals surface area contributed by atoms with Crippen molar-refractivity contribution in [1.82, 2.24) is 9.71 Å². The van der Waals surface area contributed by atoms with Gasteiger partial charge in [-0.15, -0.1) is 4.72 Å². The molecule has 1 atom stereocenters. The first-order chi connectivity index (χ1) is 15.1. The van der Waals surface area contributed by atoms with Crippen LogP contribution in [0.3, 0.4) is 0 Å². The van der Waals surface area contributed by atoms with Gasteiger partial charge in [0.05, 0.1) is 18.0 Å². The summed E-state index contributed by atoms with van der Waals surface area (Å²) in [4.78, 5) is 14.8. The van der Waals surface area contributed by atoms with Crippen LogP contribution in [0.4, 0.5) is 0 Å². The van der Waals surface area contributed by atoms with Crippen LogP contribution in [-0.4, -0.2) is 40.3 Å². The average Bonchev–Trinajstić information content (AvgIpc) is 3.17. The molecule has 0 amide bonds. The Balaban J connectivity index is 1.33. The van der Waals surface area contributed by atoms with Crippen molar-refractivity contribution in [3.05, 3.63) is 59.8 Å². The van der Waals surface area contributed by atoms with Crippen molar-refractivity contribution < 1.29 is 19.2 Å². The molecule has 0 aliphatic rings. The topological polar surface area (TPSA) is 123 Å². The molecule has 31 heavy (non-hydrogen) atoms. The van der Waals surface area contributed by atoms with Crippen molar-refractivity contribution in [2.24, 2.45) is 5.73 Å². The molecule has 166 valence electrons. The molecule has 3 aromatic rings. The highest BCUT2D eigenvalue weighted by Crippen LogP contribution is 2.24. The summed E-state index contributed by atoms with van der Waals surface area (Å²) in [5, 5.41) is 10.3. The van der Waals surface area contributed by atoms with E-state index in [2.05, 4.69) is 15.8 Å². The van der Waals surface area contributed by atoms with Crippen LogP contribution in [-0.2, 0) is 17.8 Å². The number of hydrogen-bond acceptors (Lipinski definition) is 5. The molecule has 0 saturated carbocycles. The van der Waals surface area contributed by atoms with Crippen molar-refractivity contribution in [2.75, 3.05) is 19.7 Å². The third-order valence-corrected chi connectivity index (χ3v) is 6.26. The molecular formula is C23H29N3O4S. The number of aromatic carboxylic acids is 1. The number of nitrogens with two attached hydrogens (primary N) is 1. The first-order valence-electron chi connectivity index (χ1n) is 10.5. The smallest absolute Gasteiger partial charge is 0.340 e. The molecule has 0 radical (unpaired) electrons. The Morgan fingerprint density at radius 2 is 1.97 bits per heavy atom. The van der Waals surface area contributed by atoms with Gasteiger partial charge in [-0.1, -0.05) is 25.0 Å². The number of hydrogen-bond donors (Lipinski definition) is 4. The van der Waals surface area contributed by atoms with E-state index in [4.69, 9.17) is 10.5 Å². The van der Waals surface area contributed by atoms with Crippen molar-refractivity contribution in [2.45, 2.75) is 37.0 Å². The van der Waals surface area contributed by atoms with Gasteiger partial charge in [-0.2, -0.15) is 0 Å². The van der Waals surface area contributed by atoms with E-state index >= 15 is 0 Å². The summed E-state index contributed by atoms with van der Waals surface area (Å²) < 4.78 is 21.1. The Morgan fingerprint density at radius 1 is 1.16 bits per heavy atom. The van der Waals surface area contributed by atoms with Crippen LogP contribution < -0.4 is 15.2 Å². The van der Waals surface area contributed by atoms with E-state index in [0.717, 1.165) is 48.8 Å². The van der Waals surface area contributed by atoms with Gasteiger partial charge >= 0.3 is 5.97 Å². The minimum absolute atomic E-state index is 0.0680. The Labute approximate surface area is 185 Å². The number of unbranched alkanes of at least 4 members (excludes halogenated alkanes) is 3. The number of benzene rings is 2. The second kappa shape index (κ2) is 11.8. The number of carboxylic acid groups (broad SMARTS) is 1. The molecule has 0 bridgehead atoms. The number of ether oxygens (including phenoxy) is 1. The van der Waals surface area contributed by atoms with Crippen LogP contribution in [0, 0.1) is 0 Å². The molecule has 0 aliphatic carbocycles. The molecule has 3 rings (SSSR count). The van der Waals surface area contributed by atoms with Gasteiger partial charge in [-0.3, -0.25) is 0 Å². The number of rotatable bonds is 13. The van der Waals surface area contributed by atoms with Gasteiger partial charge in [0.15, 0.2) is 4.90 Å². The van der Waals surface area contributed by atoms with E-state index in [1.165, 1.54) is 11.6 Å². The Kier molecular flexibility index (Phi) is 8.78. The molecular weight excluding hydrogens is 414 g/mol. The maximum absolute atomic E-state index is 12.3. The molecule has 1 unspecified atom stereocenters. The van der Waals surface area contributed by atoms with Gasteiger partial charge < -0.3 is 25.1 Å². The molecule has 0 aliphatic heterocycles. The van der Waals surface area contributed by atoms with Gasteiger partial charge in [-0.05, 0) is 61.7 Å². The minimum atomic E-state index is -1.53. The lowest BCUT2D eigenvalue weighted by molar-refractivity contribution is 0.0692. The molecule has 1 heterocycles. The highest BCUT2D eigenvalue weighted by atomic mass is 32.2. The quantitative estimate of drug-likeness (QED) is 0.236. The fraction of sp³-hybridized carbons (Fsp3) is 0.348. The summed E-state index contributed by atoms with van der Waals surface area (Å²) in [5.41, 5.74) is 8.04. The summed E-state index contributed by atoms with van der Waals surface area (Å²) in [6.07, 6.45) is 6.62. The standard InChI is InChI=1S/C23H29N3O4S/c24-12-11-17-16-25-21-10-9-18(15-20(17)21)30-14-6-2-1-5-13-26-31(29)22-8-4-3-7-19(22)23(27)28/h3-4,7-10,15-16,25-26H,1-2,5-6,11-14,24H2,(H,27,28). The fourth-order valence-corrected chi connectivity index (χ4v) is 4.47. The summed E-state index contributed by atoms with van der Waals surface area (Å²) in [5.74, 6) is -0.212. The third kappa shape index (κ3) is 6.48. The number of nitrogens with one attached hydrogen (secondary N) is 2. The minimum Gasteiger partial charge on any atom is -0.593 e. The van der Waals surface area contributed by atoms with Crippen molar-refractivity contribution >= 4 is 28.2 Å². The van der Waals surface area contributed by atoms with Gasteiger partial charge in [0, 0.05) is 23.6 Å². The van der Waals surface area contributed by atoms with Crippen LogP contribution in [0.15, 0.2) is 53.6 Å². The zero-order valence-corrected chi connectivity index (χ0v) is 18.2. The molecule has 0 fully saturated rings. The second-order valence-corrected chi connectivity index (χ2v) is 8.55. The molecule has 0 saturated heterocycles. The molecule has 2 aromatic carbocycles. The summed E-state index contributed by atoms with van der Waals surface area (Å²) in [6.45, 7) is 1.83. The number of aromatic amines is 1. The van der Waals surface area contributed by atoms with Crippen LogP contribution in [0.5, 0.6) is 5.75 Å². The van der Waals surface area contributed by atoms with E-state index in [1.54, 1.807) is 18.2 Å². The largest absolute Gasteiger partial charge is 0.593 e. The summed E-state index contributed by atoms with van der Waals surface area (Å²) in [7, 11) is 0. The van der Waals surface area contributed by atoms with Gasteiger partial charge in [-0.25, -0.2) is 4.79 Å². The van der Waals surface area contributed by atoms with Gasteiger partial charge in [0.1, 0.15) is 11.3 Å². The number of fused-ring (bicyclic) bond motifs is 1. The first kappa shape index (κ1) is 23.1. The first-order valence-corrected chi connectivity index (χ1v) is 11.7. The molecule has 1 aromatic heterocycles. The lowest BCUT2D eigenvalue weighted by Crippen LogP contribution is -2.26. The van der Waals surface area contributed by atoms with Crippen molar-refractivity contribution in [3.8, 4) is 5.75 Å². The molecule has 5 N–H and O–H groups in total. The third-order valence-electron chi connectivity index (χ3n) is 5.04. The monoisotopic (exact) mass is 443 g/mol. The Morgan fingerprint density at radius 3 is 2.77 bits per heavy atom. The van der Waals surface area contributed by atoms with Crippen LogP contribution in [0.2, 0.25) is 0 Å². The molecule has 0 spiro atoms. The van der Waals surface area contributed by atoms with E-state index in [9.17, 15) is 14.5 Å². The second-order valence-electron chi connectivity index (χ2n) is 7.29. The van der Waals surface area contributed by atoms with Gasteiger partial charge in [0.25, 0.3) is 0 Å². The number of carboxylic acids is 1. The maximum Gasteiger partial charge on any atom is 0.340 e. The van der Waals surface area contributed by atoms with E-state index in [0.29, 0.717) is 24.6 Å². The predicted molar refractivity (Wildman–Crippen MR) is 123 cm³/mol. The fourth-order valence-electron chi connectivity index (χ4n) is 3.43. The normalized spacial score (nSPS) is 12.2. The van der Waals surface area contributed by atoms with Crippen LogP contribution >= 0.6 is 0 Å². The Hall–Kier alpha value is -2.52. The highest BCUT2D eigenvalue weighted by Gasteiger charge is 2.20. The average molecular weight is 444 g/mol. The number of carbonyl (C=O) groups is 1. The zero-order chi connectivity index (χ0) is 22.1. The Bertz CT molecular complexity index is 992. The van der Waals surface area contributed by atoms with Crippen LogP contribution in [0.1, 0.15) is 41.6 Å².